The van der Waals surface area contributed by atoms with Crippen molar-refractivity contribution >= 4 is 46.6 Å². The number of rotatable bonds is 6. The van der Waals surface area contributed by atoms with E-state index in [2.05, 4.69) is 35.6 Å². The molecular formula is C18H23Cl2N3OS. The van der Waals surface area contributed by atoms with Gasteiger partial charge in [-0.2, -0.15) is 0 Å². The fourth-order valence-corrected chi connectivity index (χ4v) is 3.70. The number of halogens is 2. The van der Waals surface area contributed by atoms with E-state index in [0.717, 1.165) is 23.1 Å². The third-order valence-corrected chi connectivity index (χ3v) is 5.74. The van der Waals surface area contributed by atoms with Gasteiger partial charge >= 0.3 is 0 Å². The Morgan fingerprint density at radius 1 is 1.28 bits per heavy atom. The first-order valence-corrected chi connectivity index (χ1v) is 9.79. The van der Waals surface area contributed by atoms with Crippen LogP contribution in [0, 0.1) is 19.8 Å². The molecule has 0 saturated heterocycles. The summed E-state index contributed by atoms with van der Waals surface area (Å²) in [7, 11) is 0. The van der Waals surface area contributed by atoms with Crippen LogP contribution in [0.3, 0.4) is 0 Å². The standard InChI is InChI=1S/C18H23Cl2N3OS/c1-10(2)9-23-12(4)11(3)21-18(23)25-13(5)17(24)22-15-8-6-7-14(19)16(15)20/h6-8,10,13H,9H2,1-5H3,(H,22,24)/t13-/m0/s1. The van der Waals surface area contributed by atoms with Crippen LogP contribution in [0.25, 0.3) is 0 Å². The monoisotopic (exact) mass is 399 g/mol. The van der Waals surface area contributed by atoms with E-state index in [1.165, 1.54) is 11.8 Å². The molecule has 1 heterocycles. The quantitative estimate of drug-likeness (QED) is 0.644. The number of imidazole rings is 1. The van der Waals surface area contributed by atoms with Gasteiger partial charge in [-0.3, -0.25) is 4.79 Å². The minimum absolute atomic E-state index is 0.136. The van der Waals surface area contributed by atoms with Gasteiger partial charge in [-0.15, -0.1) is 0 Å². The molecule has 7 heteroatoms. The predicted molar refractivity (Wildman–Crippen MR) is 107 cm³/mol. The fourth-order valence-electron chi connectivity index (χ4n) is 2.34. The minimum atomic E-state index is -0.317. The van der Waals surface area contributed by atoms with Gasteiger partial charge in [0.1, 0.15) is 0 Å². The molecule has 136 valence electrons. The Hall–Kier alpha value is -1.17. The number of thioether (sulfide) groups is 1. The van der Waals surface area contributed by atoms with Crippen LogP contribution in [0.5, 0.6) is 0 Å². The zero-order chi connectivity index (χ0) is 18.7. The van der Waals surface area contributed by atoms with Crippen LogP contribution in [0.2, 0.25) is 10.0 Å². The van der Waals surface area contributed by atoms with Gasteiger partial charge in [0.25, 0.3) is 0 Å². The van der Waals surface area contributed by atoms with E-state index < -0.39 is 0 Å². The molecule has 25 heavy (non-hydrogen) atoms. The maximum absolute atomic E-state index is 12.5. The lowest BCUT2D eigenvalue weighted by atomic mass is 10.2. The summed E-state index contributed by atoms with van der Waals surface area (Å²) in [6.45, 7) is 11.1. The molecule has 1 amide bonds. The molecule has 2 aromatic rings. The van der Waals surface area contributed by atoms with Crippen LogP contribution in [0.15, 0.2) is 23.4 Å². The van der Waals surface area contributed by atoms with Gasteiger partial charge < -0.3 is 9.88 Å². The smallest absolute Gasteiger partial charge is 0.237 e. The summed E-state index contributed by atoms with van der Waals surface area (Å²) >= 11 is 13.6. The first kappa shape index (κ1) is 20.1. The Bertz CT molecular complexity index is 774. The van der Waals surface area contributed by atoms with Crippen molar-refractivity contribution in [3.8, 4) is 0 Å². The van der Waals surface area contributed by atoms with Crippen molar-refractivity contribution < 1.29 is 4.79 Å². The fraction of sp³-hybridized carbons (Fsp3) is 0.444. The zero-order valence-corrected chi connectivity index (χ0v) is 17.4. The number of aryl methyl sites for hydroxylation is 1. The molecule has 0 aliphatic heterocycles. The number of hydrogen-bond acceptors (Lipinski definition) is 3. The van der Waals surface area contributed by atoms with Crippen molar-refractivity contribution in [1.82, 2.24) is 9.55 Å². The lowest BCUT2D eigenvalue weighted by Gasteiger charge is -2.16. The second-order valence-electron chi connectivity index (χ2n) is 6.42. The molecule has 1 atom stereocenters. The maximum atomic E-state index is 12.5. The van der Waals surface area contributed by atoms with Crippen molar-refractivity contribution in [2.45, 2.75) is 51.6 Å². The normalized spacial score (nSPS) is 12.5. The summed E-state index contributed by atoms with van der Waals surface area (Å²) in [6, 6.07) is 5.17. The third kappa shape index (κ3) is 4.93. The van der Waals surface area contributed by atoms with Gasteiger partial charge in [0.15, 0.2) is 5.16 Å². The molecule has 4 nitrogen and oxygen atoms in total. The number of nitrogens with one attached hydrogen (secondary N) is 1. The summed E-state index contributed by atoms with van der Waals surface area (Å²) in [5, 5.41) is 4.15. The Morgan fingerprint density at radius 2 is 1.96 bits per heavy atom. The number of benzene rings is 1. The Morgan fingerprint density at radius 3 is 2.60 bits per heavy atom. The number of anilines is 1. The van der Waals surface area contributed by atoms with E-state index in [1.54, 1.807) is 18.2 Å². The highest BCUT2D eigenvalue weighted by molar-refractivity contribution is 8.00. The van der Waals surface area contributed by atoms with Crippen molar-refractivity contribution in [3.63, 3.8) is 0 Å². The molecule has 2 rings (SSSR count). The minimum Gasteiger partial charge on any atom is -0.324 e. The molecule has 0 bridgehead atoms. The van der Waals surface area contributed by atoms with Crippen molar-refractivity contribution in [2.75, 3.05) is 5.32 Å². The van der Waals surface area contributed by atoms with Crippen LogP contribution in [0.4, 0.5) is 5.69 Å². The van der Waals surface area contributed by atoms with Crippen LogP contribution in [-0.4, -0.2) is 20.7 Å². The van der Waals surface area contributed by atoms with Gasteiger partial charge in [-0.1, -0.05) is 54.9 Å². The number of hydrogen-bond donors (Lipinski definition) is 1. The van der Waals surface area contributed by atoms with E-state index in [9.17, 15) is 4.79 Å². The number of amides is 1. The van der Waals surface area contributed by atoms with Crippen LogP contribution in [0.1, 0.15) is 32.2 Å². The van der Waals surface area contributed by atoms with Crippen LogP contribution in [-0.2, 0) is 11.3 Å². The molecule has 0 radical (unpaired) electrons. The highest BCUT2D eigenvalue weighted by Gasteiger charge is 2.21. The molecule has 1 N–H and O–H groups in total. The topological polar surface area (TPSA) is 46.9 Å². The predicted octanol–water partition coefficient (Wildman–Crippen LogP) is 5.58. The third-order valence-electron chi connectivity index (χ3n) is 3.83. The Labute approximate surface area is 163 Å². The van der Waals surface area contributed by atoms with Gasteiger partial charge in [0.2, 0.25) is 5.91 Å². The van der Waals surface area contributed by atoms with E-state index in [4.69, 9.17) is 23.2 Å². The molecule has 0 aliphatic carbocycles. The van der Waals surface area contributed by atoms with Gasteiger partial charge in [0, 0.05) is 12.2 Å². The largest absolute Gasteiger partial charge is 0.324 e. The molecule has 1 aromatic heterocycles. The van der Waals surface area contributed by atoms with Crippen LogP contribution < -0.4 is 5.32 Å². The number of aromatic nitrogens is 2. The number of carbonyl (C=O) groups excluding carboxylic acids is 1. The average Bonchev–Trinajstić information content (AvgIpc) is 2.79. The lowest BCUT2D eigenvalue weighted by Crippen LogP contribution is -2.23. The molecule has 0 aliphatic rings. The second-order valence-corrected chi connectivity index (χ2v) is 8.51. The van der Waals surface area contributed by atoms with Crippen molar-refractivity contribution in [3.05, 3.63) is 39.6 Å². The van der Waals surface area contributed by atoms with E-state index >= 15 is 0 Å². The molecule has 0 fully saturated rings. The van der Waals surface area contributed by atoms with E-state index in [0.29, 0.717) is 21.7 Å². The van der Waals surface area contributed by atoms with Crippen molar-refractivity contribution in [1.29, 1.82) is 0 Å². The summed E-state index contributed by atoms with van der Waals surface area (Å²) in [5.74, 6) is 0.365. The second kappa shape index (κ2) is 8.47. The summed E-state index contributed by atoms with van der Waals surface area (Å²) in [4.78, 5) is 17.2. The van der Waals surface area contributed by atoms with Gasteiger partial charge in [0.05, 0.1) is 26.7 Å². The SMILES string of the molecule is Cc1nc(S[C@@H](C)C(=O)Nc2cccc(Cl)c2Cl)n(CC(C)C)c1C. The summed E-state index contributed by atoms with van der Waals surface area (Å²) in [5.41, 5.74) is 2.65. The lowest BCUT2D eigenvalue weighted by molar-refractivity contribution is -0.115. The first-order chi connectivity index (χ1) is 11.7. The molecular weight excluding hydrogens is 377 g/mol. The average molecular weight is 400 g/mol. The highest BCUT2D eigenvalue weighted by Crippen LogP contribution is 2.31. The summed E-state index contributed by atoms with van der Waals surface area (Å²) < 4.78 is 2.18. The molecule has 0 unspecified atom stereocenters. The van der Waals surface area contributed by atoms with Gasteiger partial charge in [-0.25, -0.2) is 4.98 Å². The van der Waals surface area contributed by atoms with Crippen LogP contribution >= 0.6 is 35.0 Å². The first-order valence-electron chi connectivity index (χ1n) is 8.16. The Balaban J connectivity index is 2.14. The summed E-state index contributed by atoms with van der Waals surface area (Å²) in [6.07, 6.45) is 0. The number of nitrogens with zero attached hydrogens (tertiary/aromatic N) is 2. The highest BCUT2D eigenvalue weighted by atomic mass is 35.5. The maximum Gasteiger partial charge on any atom is 0.237 e. The van der Waals surface area contributed by atoms with Crippen molar-refractivity contribution in [2.24, 2.45) is 5.92 Å². The molecule has 0 saturated carbocycles. The van der Waals surface area contributed by atoms with Gasteiger partial charge in [-0.05, 0) is 38.8 Å². The van der Waals surface area contributed by atoms with E-state index in [-0.39, 0.29) is 11.2 Å². The van der Waals surface area contributed by atoms with E-state index in [1.807, 2.05) is 13.8 Å². The molecule has 1 aromatic carbocycles. The zero-order valence-electron chi connectivity index (χ0n) is 15.1. The molecule has 0 spiro atoms. The number of carbonyl (C=O) groups is 1. The Kier molecular flexibility index (Phi) is 6.83.